The number of fused-ring (bicyclic) bond motifs is 7. The van der Waals surface area contributed by atoms with Crippen molar-refractivity contribution >= 4 is 21.8 Å². The highest BCUT2D eigenvalue weighted by Gasteiger charge is 2.52. The van der Waals surface area contributed by atoms with Crippen LogP contribution in [0.5, 0.6) is 0 Å². The number of imidazole rings is 2. The molecule has 3 fully saturated rings. The quantitative estimate of drug-likeness (QED) is 0.207. The molecule has 3 unspecified atom stereocenters. The monoisotopic (exact) mass is 512 g/mol. The van der Waals surface area contributed by atoms with Gasteiger partial charge in [-0.05, 0) is 65.8 Å². The van der Waals surface area contributed by atoms with Gasteiger partial charge in [0.2, 0.25) is 0 Å². The zero-order chi connectivity index (χ0) is 26.2. The summed E-state index contributed by atoms with van der Waals surface area (Å²) >= 11 is 0. The number of terminal acetylenes is 1. The summed E-state index contributed by atoms with van der Waals surface area (Å²) in [6.07, 6.45) is 12.6. The molecule has 0 bridgehead atoms. The molecule has 2 aliphatic heterocycles. The van der Waals surface area contributed by atoms with E-state index in [0.717, 1.165) is 59.7 Å². The Bertz CT molecular complexity index is 1770. The summed E-state index contributed by atoms with van der Waals surface area (Å²) in [7, 11) is 0. The first-order valence-electron chi connectivity index (χ1n) is 14.1. The fraction of sp³-hybridized carbons (Fsp3) is 0.333. The first-order chi connectivity index (χ1) is 19.2. The van der Waals surface area contributed by atoms with Gasteiger partial charge in [-0.2, -0.15) is 0 Å². The Labute approximate surface area is 228 Å². The van der Waals surface area contributed by atoms with Crippen LogP contribution in [0.15, 0.2) is 48.5 Å². The SMILES string of the molecule is C#C.CC1CC1NCc1nc2c([nH]1)CCc1cc(-c3ccc4c(ccc5[nH]c([C@@H]6C[C@H]7CN76)nc54)c3)ccc1-2. The number of aromatic nitrogens is 4. The maximum Gasteiger partial charge on any atom is 0.124 e. The maximum absolute atomic E-state index is 5.04. The molecular formula is C33H32N6. The van der Waals surface area contributed by atoms with Crippen LogP contribution in [-0.2, 0) is 19.4 Å². The Morgan fingerprint density at radius 1 is 0.974 bits per heavy atom. The van der Waals surface area contributed by atoms with Crippen LogP contribution in [0.4, 0.5) is 0 Å². The number of H-pyrrole nitrogens is 2. The van der Waals surface area contributed by atoms with Crippen LogP contribution in [0.2, 0.25) is 0 Å². The zero-order valence-corrected chi connectivity index (χ0v) is 22.2. The largest absolute Gasteiger partial charge is 0.344 e. The van der Waals surface area contributed by atoms with E-state index in [1.807, 2.05) is 0 Å². The van der Waals surface area contributed by atoms with Crippen molar-refractivity contribution in [2.75, 3.05) is 6.54 Å². The van der Waals surface area contributed by atoms with Crippen LogP contribution in [0.3, 0.4) is 0 Å². The molecule has 194 valence electrons. The van der Waals surface area contributed by atoms with E-state index in [0.29, 0.717) is 12.1 Å². The number of nitrogens with zero attached hydrogens (tertiary/aromatic N) is 3. The van der Waals surface area contributed by atoms with Crippen LogP contribution in [-0.4, -0.2) is 43.5 Å². The van der Waals surface area contributed by atoms with E-state index in [1.54, 1.807) is 0 Å². The number of aryl methyl sites for hydroxylation is 2. The van der Waals surface area contributed by atoms with E-state index in [1.165, 1.54) is 58.1 Å². The van der Waals surface area contributed by atoms with Gasteiger partial charge in [-0.3, -0.25) is 4.90 Å². The van der Waals surface area contributed by atoms with Crippen molar-refractivity contribution in [1.82, 2.24) is 30.2 Å². The van der Waals surface area contributed by atoms with Gasteiger partial charge in [0.15, 0.2) is 0 Å². The molecule has 2 aromatic heterocycles. The molecular weight excluding hydrogens is 480 g/mol. The molecule has 6 nitrogen and oxygen atoms in total. The number of aromatic amines is 2. The van der Waals surface area contributed by atoms with E-state index >= 15 is 0 Å². The number of benzene rings is 3. The van der Waals surface area contributed by atoms with E-state index in [-0.39, 0.29) is 0 Å². The highest BCUT2D eigenvalue weighted by Crippen LogP contribution is 2.48. The van der Waals surface area contributed by atoms with Crippen molar-refractivity contribution in [1.29, 1.82) is 0 Å². The second kappa shape index (κ2) is 8.54. The van der Waals surface area contributed by atoms with Gasteiger partial charge in [0, 0.05) is 35.3 Å². The summed E-state index contributed by atoms with van der Waals surface area (Å²) in [5, 5.41) is 6.10. The lowest BCUT2D eigenvalue weighted by atomic mass is 9.89. The van der Waals surface area contributed by atoms with Crippen molar-refractivity contribution in [3.05, 3.63) is 71.4 Å². The van der Waals surface area contributed by atoms with Gasteiger partial charge < -0.3 is 15.3 Å². The number of hydrogen-bond acceptors (Lipinski definition) is 4. The molecule has 0 spiro atoms. The molecule has 4 heterocycles. The minimum Gasteiger partial charge on any atom is -0.344 e. The minimum absolute atomic E-state index is 0.492. The molecule has 5 aromatic rings. The zero-order valence-electron chi connectivity index (χ0n) is 22.2. The predicted octanol–water partition coefficient (Wildman–Crippen LogP) is 5.75. The Morgan fingerprint density at radius 3 is 2.62 bits per heavy atom. The Morgan fingerprint density at radius 2 is 1.82 bits per heavy atom. The van der Waals surface area contributed by atoms with Crippen molar-refractivity contribution in [3.8, 4) is 35.2 Å². The molecule has 5 atom stereocenters. The van der Waals surface area contributed by atoms with Crippen LogP contribution in [0.1, 0.15) is 48.7 Å². The van der Waals surface area contributed by atoms with E-state index in [2.05, 4.69) is 88.5 Å². The molecule has 0 radical (unpaired) electrons. The summed E-state index contributed by atoms with van der Waals surface area (Å²) in [6, 6.07) is 20.1. The third-order valence-electron chi connectivity index (χ3n) is 9.26. The van der Waals surface area contributed by atoms with Crippen molar-refractivity contribution in [2.24, 2.45) is 5.92 Å². The van der Waals surface area contributed by atoms with Crippen LogP contribution in [0.25, 0.3) is 44.2 Å². The van der Waals surface area contributed by atoms with E-state index < -0.39 is 0 Å². The summed E-state index contributed by atoms with van der Waals surface area (Å²) in [6.45, 7) is 4.38. The standard InChI is InChI=1S/C31H30N6.C2H2/c1-16-10-26(16)32-14-28-33-24-8-4-19-11-17(2-6-22(19)29(24)35-28)18-3-7-23-20(12-18)5-9-25-30(23)36-31(34-25)27-13-21-15-37(21)27;1-2/h2-3,5-7,9,11-12,16,21,26-27,32H,4,8,10,13-15H2,1H3,(H,33,35)(H,34,36);1-2H/t16?,21-,26?,27-,37?;/m0./s1. The fourth-order valence-corrected chi connectivity index (χ4v) is 6.73. The van der Waals surface area contributed by atoms with E-state index in [4.69, 9.17) is 9.97 Å². The van der Waals surface area contributed by atoms with Gasteiger partial charge in [0.1, 0.15) is 11.6 Å². The Hall–Kier alpha value is -3.92. The molecule has 1 saturated carbocycles. The molecule has 6 heteroatoms. The van der Waals surface area contributed by atoms with Crippen LogP contribution in [0, 0.1) is 18.8 Å². The minimum atomic E-state index is 0.492. The van der Waals surface area contributed by atoms with Gasteiger partial charge in [-0.25, -0.2) is 9.97 Å². The van der Waals surface area contributed by atoms with Gasteiger partial charge >= 0.3 is 0 Å². The average Bonchev–Trinajstić information content (AvgIpc) is 3.66. The third-order valence-corrected chi connectivity index (χ3v) is 9.26. The molecule has 2 saturated heterocycles. The smallest absolute Gasteiger partial charge is 0.124 e. The lowest BCUT2D eigenvalue weighted by Crippen LogP contribution is -2.25. The Balaban J connectivity index is 0.00000115. The van der Waals surface area contributed by atoms with Crippen LogP contribution >= 0.6 is 0 Å². The van der Waals surface area contributed by atoms with Crippen molar-refractivity contribution in [2.45, 2.75) is 57.3 Å². The number of rotatable bonds is 5. The summed E-state index contributed by atoms with van der Waals surface area (Å²) in [4.78, 5) is 19.7. The van der Waals surface area contributed by atoms with Gasteiger partial charge in [-0.15, -0.1) is 12.8 Å². The third kappa shape index (κ3) is 3.72. The molecule has 2 aliphatic carbocycles. The molecule has 3 aromatic carbocycles. The lowest BCUT2D eigenvalue weighted by Gasteiger charge is -2.24. The topological polar surface area (TPSA) is 72.4 Å². The average molecular weight is 513 g/mol. The maximum atomic E-state index is 5.04. The first-order valence-corrected chi connectivity index (χ1v) is 14.1. The van der Waals surface area contributed by atoms with E-state index in [9.17, 15) is 0 Å². The summed E-state index contributed by atoms with van der Waals surface area (Å²) in [5.74, 6) is 3.00. The highest BCUT2D eigenvalue weighted by molar-refractivity contribution is 6.05. The summed E-state index contributed by atoms with van der Waals surface area (Å²) in [5.41, 5.74) is 9.87. The highest BCUT2D eigenvalue weighted by atomic mass is 15.4. The lowest BCUT2D eigenvalue weighted by molar-refractivity contribution is 0.245. The molecule has 4 aliphatic rings. The molecule has 0 amide bonds. The fourth-order valence-electron chi connectivity index (χ4n) is 6.73. The molecule has 39 heavy (non-hydrogen) atoms. The second-order valence-electron chi connectivity index (χ2n) is 11.7. The number of hydrogen-bond donors (Lipinski definition) is 3. The number of nitrogens with one attached hydrogen (secondary N) is 3. The predicted molar refractivity (Wildman–Crippen MR) is 156 cm³/mol. The summed E-state index contributed by atoms with van der Waals surface area (Å²) < 4.78 is 0. The van der Waals surface area contributed by atoms with Gasteiger partial charge in [0.25, 0.3) is 0 Å². The Kier molecular flexibility index (Phi) is 5.04. The van der Waals surface area contributed by atoms with Crippen molar-refractivity contribution in [3.63, 3.8) is 0 Å². The van der Waals surface area contributed by atoms with Gasteiger partial charge in [-0.1, -0.05) is 43.3 Å². The first kappa shape index (κ1) is 23.0. The van der Waals surface area contributed by atoms with Crippen molar-refractivity contribution < 1.29 is 0 Å². The van der Waals surface area contributed by atoms with Crippen LogP contribution < -0.4 is 5.32 Å². The molecule has 3 N–H and O–H groups in total. The molecule has 9 rings (SSSR count). The van der Waals surface area contributed by atoms with Gasteiger partial charge in [0.05, 0.1) is 29.3 Å². The normalized spacial score (nSPS) is 25.7. The second-order valence-corrected chi connectivity index (χ2v) is 11.7.